The number of halogens is 1. The first-order valence-corrected chi connectivity index (χ1v) is 6.33. The van der Waals surface area contributed by atoms with Crippen LogP contribution < -0.4 is 5.32 Å². The quantitative estimate of drug-likeness (QED) is 0.649. The van der Waals surface area contributed by atoms with E-state index in [1.807, 2.05) is 0 Å². The van der Waals surface area contributed by atoms with Gasteiger partial charge in [0.2, 0.25) is 0 Å². The lowest BCUT2D eigenvalue weighted by molar-refractivity contribution is 0.0697. The van der Waals surface area contributed by atoms with Crippen LogP contribution in [0.15, 0.2) is 24.3 Å². The molecule has 1 unspecified atom stereocenters. The van der Waals surface area contributed by atoms with Crippen molar-refractivity contribution in [3.05, 3.63) is 35.0 Å². The summed E-state index contributed by atoms with van der Waals surface area (Å²) in [5.74, 6) is -0.118. The number of allylic oxidation sites excluding steroid dienone is 2. The van der Waals surface area contributed by atoms with Crippen LogP contribution in [0.3, 0.4) is 0 Å². The van der Waals surface area contributed by atoms with E-state index in [4.69, 9.17) is 16.7 Å². The second kappa shape index (κ2) is 5.87. The van der Waals surface area contributed by atoms with Gasteiger partial charge in [0, 0.05) is 6.54 Å². The highest BCUT2D eigenvalue weighted by Crippen LogP contribution is 2.21. The molecule has 0 amide bonds. The van der Waals surface area contributed by atoms with Gasteiger partial charge in [0.05, 0.1) is 0 Å². The number of anilines is 1. The van der Waals surface area contributed by atoms with Crippen LogP contribution in [0, 0.1) is 5.92 Å². The maximum atomic E-state index is 11.0. The molecule has 2 N–H and O–H groups in total. The van der Waals surface area contributed by atoms with Crippen molar-refractivity contribution in [2.24, 2.45) is 5.92 Å². The van der Waals surface area contributed by atoms with E-state index in [2.05, 4.69) is 22.5 Å². The number of carboxylic acid groups (broad SMARTS) is 1. The molecule has 4 nitrogen and oxygen atoms in total. The summed E-state index contributed by atoms with van der Waals surface area (Å²) >= 11 is 5.79. The summed E-state index contributed by atoms with van der Waals surface area (Å²) in [7, 11) is 0. The van der Waals surface area contributed by atoms with E-state index in [1.54, 1.807) is 0 Å². The van der Waals surface area contributed by atoms with E-state index in [0.29, 0.717) is 16.9 Å². The Balaban J connectivity index is 2.05. The average molecular weight is 267 g/mol. The summed E-state index contributed by atoms with van der Waals surface area (Å²) < 4.78 is 0. The van der Waals surface area contributed by atoms with Crippen molar-refractivity contribution >= 4 is 23.4 Å². The van der Waals surface area contributed by atoms with Crippen LogP contribution in [0.5, 0.6) is 0 Å². The topological polar surface area (TPSA) is 62.2 Å². The second-order valence-corrected chi connectivity index (χ2v) is 4.75. The fraction of sp³-hybridized carbons (Fsp3) is 0.385. The van der Waals surface area contributed by atoms with Crippen molar-refractivity contribution in [1.82, 2.24) is 4.98 Å². The Morgan fingerprint density at radius 1 is 1.50 bits per heavy atom. The molecule has 1 aliphatic rings. The summed E-state index contributed by atoms with van der Waals surface area (Å²) in [5, 5.41) is 12.5. The summed E-state index contributed by atoms with van der Waals surface area (Å²) in [6.07, 6.45) is 7.57. The van der Waals surface area contributed by atoms with Crippen LogP contribution in [0.1, 0.15) is 29.6 Å². The van der Waals surface area contributed by atoms with E-state index in [-0.39, 0.29) is 5.56 Å². The van der Waals surface area contributed by atoms with Crippen molar-refractivity contribution in [2.75, 3.05) is 11.9 Å². The number of hydrogen-bond donors (Lipinski definition) is 2. The molecule has 0 spiro atoms. The lowest BCUT2D eigenvalue weighted by Crippen LogP contribution is -2.18. The van der Waals surface area contributed by atoms with E-state index >= 15 is 0 Å². The molecule has 0 bridgehead atoms. The van der Waals surface area contributed by atoms with E-state index < -0.39 is 5.97 Å². The number of rotatable bonds is 4. The molecule has 1 atom stereocenters. The standard InChI is InChI=1S/C13H15ClN2O2/c14-11-7-6-10(13(17)18)12(16-11)15-8-9-4-2-1-3-5-9/h1-2,6-7,9H,3-5,8H2,(H,15,16)(H,17,18). The van der Waals surface area contributed by atoms with Gasteiger partial charge in [-0.3, -0.25) is 0 Å². The van der Waals surface area contributed by atoms with Crippen LogP contribution in [-0.2, 0) is 0 Å². The SMILES string of the molecule is O=C(O)c1ccc(Cl)nc1NCC1CC=CCC1. The Bertz CT molecular complexity index is 474. The summed E-state index contributed by atoms with van der Waals surface area (Å²) in [6.45, 7) is 0.720. The van der Waals surface area contributed by atoms with E-state index in [0.717, 1.165) is 25.8 Å². The first-order chi connectivity index (χ1) is 8.66. The van der Waals surface area contributed by atoms with E-state index in [9.17, 15) is 4.79 Å². The smallest absolute Gasteiger partial charge is 0.339 e. The highest BCUT2D eigenvalue weighted by atomic mass is 35.5. The number of aromatic carboxylic acids is 1. The van der Waals surface area contributed by atoms with Gasteiger partial charge in [0.1, 0.15) is 16.5 Å². The van der Waals surface area contributed by atoms with Gasteiger partial charge in [0.25, 0.3) is 0 Å². The minimum atomic E-state index is -0.995. The molecule has 1 aromatic heterocycles. The fourth-order valence-corrected chi connectivity index (χ4v) is 2.17. The normalized spacial score (nSPS) is 18.6. The van der Waals surface area contributed by atoms with Gasteiger partial charge in [-0.05, 0) is 37.3 Å². The molecule has 1 heterocycles. The van der Waals surface area contributed by atoms with Gasteiger partial charge < -0.3 is 10.4 Å². The van der Waals surface area contributed by atoms with Gasteiger partial charge >= 0.3 is 5.97 Å². The maximum Gasteiger partial charge on any atom is 0.339 e. The molecule has 18 heavy (non-hydrogen) atoms. The van der Waals surface area contributed by atoms with Crippen molar-refractivity contribution in [2.45, 2.75) is 19.3 Å². The molecular formula is C13H15ClN2O2. The Kier molecular flexibility index (Phi) is 4.20. The Morgan fingerprint density at radius 2 is 2.33 bits per heavy atom. The monoisotopic (exact) mass is 266 g/mol. The number of carboxylic acids is 1. The van der Waals surface area contributed by atoms with Gasteiger partial charge in [-0.25, -0.2) is 9.78 Å². The first-order valence-electron chi connectivity index (χ1n) is 5.95. The van der Waals surface area contributed by atoms with Crippen LogP contribution in [0.2, 0.25) is 5.15 Å². The van der Waals surface area contributed by atoms with Crippen molar-refractivity contribution in [3.8, 4) is 0 Å². The van der Waals surface area contributed by atoms with Crippen LogP contribution in [0.4, 0.5) is 5.82 Å². The van der Waals surface area contributed by atoms with Crippen molar-refractivity contribution in [3.63, 3.8) is 0 Å². The van der Waals surface area contributed by atoms with Crippen molar-refractivity contribution < 1.29 is 9.90 Å². The van der Waals surface area contributed by atoms with Crippen LogP contribution >= 0.6 is 11.6 Å². The molecule has 2 rings (SSSR count). The minimum absolute atomic E-state index is 0.158. The molecule has 0 aromatic carbocycles. The number of nitrogens with zero attached hydrogens (tertiary/aromatic N) is 1. The zero-order chi connectivity index (χ0) is 13.0. The Hall–Kier alpha value is -1.55. The first kappa shape index (κ1) is 12.9. The third-order valence-corrected chi connectivity index (χ3v) is 3.24. The van der Waals surface area contributed by atoms with Gasteiger partial charge in [-0.1, -0.05) is 23.8 Å². The number of nitrogens with one attached hydrogen (secondary N) is 1. The van der Waals surface area contributed by atoms with Crippen molar-refractivity contribution in [1.29, 1.82) is 0 Å². The van der Waals surface area contributed by atoms with Gasteiger partial charge in [0.15, 0.2) is 0 Å². The minimum Gasteiger partial charge on any atom is -0.478 e. The zero-order valence-corrected chi connectivity index (χ0v) is 10.7. The lowest BCUT2D eigenvalue weighted by atomic mass is 9.94. The van der Waals surface area contributed by atoms with Gasteiger partial charge in [-0.15, -0.1) is 0 Å². The average Bonchev–Trinajstić information content (AvgIpc) is 2.37. The molecule has 0 saturated heterocycles. The molecule has 1 aliphatic carbocycles. The fourth-order valence-electron chi connectivity index (χ4n) is 2.03. The summed E-state index contributed by atoms with van der Waals surface area (Å²) in [5.41, 5.74) is 0.158. The molecule has 0 fully saturated rings. The lowest BCUT2D eigenvalue weighted by Gasteiger charge is -2.19. The molecule has 96 valence electrons. The molecular weight excluding hydrogens is 252 g/mol. The Labute approximate surface area is 111 Å². The third kappa shape index (κ3) is 3.23. The molecule has 0 radical (unpaired) electrons. The molecule has 5 heteroatoms. The summed E-state index contributed by atoms with van der Waals surface area (Å²) in [4.78, 5) is 15.1. The zero-order valence-electron chi connectivity index (χ0n) is 9.90. The highest BCUT2D eigenvalue weighted by molar-refractivity contribution is 6.29. The van der Waals surface area contributed by atoms with Crippen LogP contribution in [-0.4, -0.2) is 22.6 Å². The second-order valence-electron chi connectivity index (χ2n) is 4.37. The predicted octanol–water partition coefficient (Wildman–Crippen LogP) is 3.20. The molecule has 1 aromatic rings. The largest absolute Gasteiger partial charge is 0.478 e. The number of carbonyl (C=O) groups is 1. The third-order valence-electron chi connectivity index (χ3n) is 3.03. The Morgan fingerprint density at radius 3 is 3.00 bits per heavy atom. The predicted molar refractivity (Wildman–Crippen MR) is 71.2 cm³/mol. The van der Waals surface area contributed by atoms with E-state index in [1.165, 1.54) is 12.1 Å². The number of aromatic nitrogens is 1. The highest BCUT2D eigenvalue weighted by Gasteiger charge is 2.14. The number of pyridine rings is 1. The molecule has 0 aliphatic heterocycles. The number of hydrogen-bond acceptors (Lipinski definition) is 3. The maximum absolute atomic E-state index is 11.0. The van der Waals surface area contributed by atoms with Crippen LogP contribution in [0.25, 0.3) is 0 Å². The molecule has 0 saturated carbocycles. The van der Waals surface area contributed by atoms with Gasteiger partial charge in [-0.2, -0.15) is 0 Å². The summed E-state index contributed by atoms with van der Waals surface area (Å²) in [6, 6.07) is 2.96.